The van der Waals surface area contributed by atoms with Gasteiger partial charge in [0.1, 0.15) is 0 Å². The van der Waals surface area contributed by atoms with E-state index in [0.29, 0.717) is 5.92 Å². The van der Waals surface area contributed by atoms with Gasteiger partial charge in [0, 0.05) is 5.41 Å². The van der Waals surface area contributed by atoms with E-state index in [9.17, 15) is 0 Å². The van der Waals surface area contributed by atoms with Crippen LogP contribution in [0, 0.1) is 11.3 Å². The maximum Gasteiger partial charge on any atom is 0.00676 e. The Morgan fingerprint density at radius 2 is 1.68 bits per heavy atom. The second-order valence-corrected chi connectivity index (χ2v) is 6.97. The molecule has 0 heterocycles. The zero-order chi connectivity index (χ0) is 15.2. The maximum atomic E-state index is 2.38. The van der Waals surface area contributed by atoms with Crippen molar-refractivity contribution in [2.45, 2.75) is 26.7 Å². The SMILES string of the molecule is CC(Cc1cccc2c1Cc1ccccc1-2)C1(C)C=CC=C1. The van der Waals surface area contributed by atoms with Crippen molar-refractivity contribution >= 4 is 0 Å². The van der Waals surface area contributed by atoms with Gasteiger partial charge in [0.15, 0.2) is 0 Å². The van der Waals surface area contributed by atoms with E-state index >= 15 is 0 Å². The van der Waals surface area contributed by atoms with Crippen LogP contribution >= 0.6 is 0 Å². The number of rotatable bonds is 3. The molecule has 0 bridgehead atoms. The van der Waals surface area contributed by atoms with Gasteiger partial charge in [-0.25, -0.2) is 0 Å². The summed E-state index contributed by atoms with van der Waals surface area (Å²) in [5.74, 6) is 0.609. The summed E-state index contributed by atoms with van der Waals surface area (Å²) in [4.78, 5) is 0. The Labute approximate surface area is 133 Å². The predicted molar refractivity (Wildman–Crippen MR) is 93.9 cm³/mol. The topological polar surface area (TPSA) is 0 Å². The molecule has 22 heavy (non-hydrogen) atoms. The third-order valence-corrected chi connectivity index (χ3v) is 5.56. The molecule has 2 aromatic carbocycles. The second-order valence-electron chi connectivity index (χ2n) is 6.97. The van der Waals surface area contributed by atoms with Gasteiger partial charge in [0.2, 0.25) is 0 Å². The van der Waals surface area contributed by atoms with Crippen LogP contribution in [0.5, 0.6) is 0 Å². The normalized spacial score (nSPS) is 18.3. The Hall–Kier alpha value is -2.08. The van der Waals surface area contributed by atoms with Crippen molar-refractivity contribution in [2.24, 2.45) is 11.3 Å². The average molecular weight is 286 g/mol. The summed E-state index contributed by atoms with van der Waals surface area (Å²) in [6, 6.07) is 15.7. The molecule has 2 aliphatic rings. The highest BCUT2D eigenvalue weighted by Gasteiger charge is 2.29. The van der Waals surface area contributed by atoms with E-state index < -0.39 is 0 Å². The van der Waals surface area contributed by atoms with Crippen molar-refractivity contribution in [3.05, 3.63) is 83.5 Å². The highest BCUT2D eigenvalue weighted by molar-refractivity contribution is 5.77. The Balaban J connectivity index is 1.68. The summed E-state index contributed by atoms with van der Waals surface area (Å²) in [6.45, 7) is 4.72. The van der Waals surface area contributed by atoms with Crippen molar-refractivity contribution in [2.75, 3.05) is 0 Å². The lowest BCUT2D eigenvalue weighted by Crippen LogP contribution is -2.21. The Morgan fingerprint density at radius 3 is 2.50 bits per heavy atom. The molecule has 0 spiro atoms. The number of hydrogen-bond acceptors (Lipinski definition) is 0. The average Bonchev–Trinajstić information content (AvgIpc) is 3.13. The summed E-state index contributed by atoms with van der Waals surface area (Å²) in [5.41, 5.74) is 7.63. The molecule has 0 N–H and O–H groups in total. The van der Waals surface area contributed by atoms with E-state index in [0.717, 1.165) is 12.8 Å². The molecule has 0 radical (unpaired) electrons. The van der Waals surface area contributed by atoms with Gasteiger partial charge in [-0.2, -0.15) is 0 Å². The standard InChI is InChI=1S/C22H22/c1-16(22(2)12-5-6-13-22)14-17-9-7-11-20-19-10-4-3-8-18(19)15-21(17)20/h3-13,16H,14-15H2,1-2H3. The fourth-order valence-electron chi connectivity index (χ4n) is 3.87. The van der Waals surface area contributed by atoms with Gasteiger partial charge in [-0.05, 0) is 46.6 Å². The minimum absolute atomic E-state index is 0.203. The number of fused-ring (bicyclic) bond motifs is 3. The number of hydrogen-bond donors (Lipinski definition) is 0. The fraction of sp³-hybridized carbons (Fsp3) is 0.273. The Kier molecular flexibility index (Phi) is 3.07. The van der Waals surface area contributed by atoms with E-state index in [1.807, 2.05) is 0 Å². The molecule has 0 nitrogen and oxygen atoms in total. The lowest BCUT2D eigenvalue weighted by Gasteiger charge is -2.28. The molecule has 0 fully saturated rings. The molecular formula is C22H22. The van der Waals surface area contributed by atoms with Crippen LogP contribution in [0.3, 0.4) is 0 Å². The van der Waals surface area contributed by atoms with Gasteiger partial charge in [-0.3, -0.25) is 0 Å². The summed E-state index contributed by atoms with van der Waals surface area (Å²) < 4.78 is 0. The molecular weight excluding hydrogens is 264 g/mol. The molecule has 0 aromatic heterocycles. The van der Waals surface area contributed by atoms with Gasteiger partial charge >= 0.3 is 0 Å². The molecule has 0 aliphatic heterocycles. The van der Waals surface area contributed by atoms with Gasteiger partial charge in [-0.1, -0.05) is 80.6 Å². The number of benzene rings is 2. The molecule has 0 saturated heterocycles. The lowest BCUT2D eigenvalue weighted by atomic mass is 9.75. The molecule has 4 rings (SSSR count). The van der Waals surface area contributed by atoms with Crippen LogP contribution in [0.25, 0.3) is 11.1 Å². The van der Waals surface area contributed by atoms with Gasteiger partial charge in [0.05, 0.1) is 0 Å². The van der Waals surface area contributed by atoms with Crippen LogP contribution in [0.2, 0.25) is 0 Å². The predicted octanol–water partition coefficient (Wildman–Crippen LogP) is 5.57. The zero-order valence-corrected chi connectivity index (χ0v) is 13.3. The monoisotopic (exact) mass is 286 g/mol. The third kappa shape index (κ3) is 2.06. The second kappa shape index (κ2) is 4.98. The van der Waals surface area contributed by atoms with Crippen LogP contribution in [-0.2, 0) is 12.8 Å². The van der Waals surface area contributed by atoms with E-state index in [2.05, 4.69) is 80.6 Å². The van der Waals surface area contributed by atoms with Crippen LogP contribution in [0.1, 0.15) is 30.5 Å². The first-order valence-electron chi connectivity index (χ1n) is 8.23. The smallest absolute Gasteiger partial charge is 0.00676 e. The molecule has 0 saturated carbocycles. The molecule has 0 amide bonds. The van der Waals surface area contributed by atoms with Crippen LogP contribution < -0.4 is 0 Å². The Bertz CT molecular complexity index is 764. The lowest BCUT2D eigenvalue weighted by molar-refractivity contribution is 0.354. The molecule has 2 aliphatic carbocycles. The molecule has 0 heteroatoms. The maximum absolute atomic E-state index is 2.38. The fourth-order valence-corrected chi connectivity index (χ4v) is 3.87. The van der Waals surface area contributed by atoms with Gasteiger partial charge in [-0.15, -0.1) is 0 Å². The van der Waals surface area contributed by atoms with E-state index in [1.54, 1.807) is 5.56 Å². The molecule has 2 aromatic rings. The highest BCUT2D eigenvalue weighted by atomic mass is 14.3. The van der Waals surface area contributed by atoms with Crippen LogP contribution in [0.15, 0.2) is 66.8 Å². The third-order valence-electron chi connectivity index (χ3n) is 5.56. The molecule has 1 atom stereocenters. The number of allylic oxidation sites excluding steroid dienone is 4. The highest BCUT2D eigenvalue weighted by Crippen LogP contribution is 2.41. The Morgan fingerprint density at radius 1 is 0.955 bits per heavy atom. The minimum atomic E-state index is 0.203. The van der Waals surface area contributed by atoms with Gasteiger partial charge in [0.25, 0.3) is 0 Å². The van der Waals surface area contributed by atoms with Crippen molar-refractivity contribution in [3.8, 4) is 11.1 Å². The summed E-state index contributed by atoms with van der Waals surface area (Å²) in [5, 5.41) is 0. The molecule has 110 valence electrons. The van der Waals surface area contributed by atoms with Crippen molar-refractivity contribution in [1.29, 1.82) is 0 Å². The van der Waals surface area contributed by atoms with Crippen molar-refractivity contribution in [3.63, 3.8) is 0 Å². The first-order chi connectivity index (χ1) is 10.7. The van der Waals surface area contributed by atoms with Gasteiger partial charge < -0.3 is 0 Å². The van der Waals surface area contributed by atoms with E-state index in [-0.39, 0.29) is 5.41 Å². The largest absolute Gasteiger partial charge is 0.0745 e. The summed E-state index contributed by atoms with van der Waals surface area (Å²) in [6.07, 6.45) is 11.3. The van der Waals surface area contributed by atoms with Crippen molar-refractivity contribution < 1.29 is 0 Å². The first kappa shape index (κ1) is 13.6. The van der Waals surface area contributed by atoms with Crippen molar-refractivity contribution in [1.82, 2.24) is 0 Å². The molecule has 1 unspecified atom stereocenters. The van der Waals surface area contributed by atoms with Crippen LogP contribution in [-0.4, -0.2) is 0 Å². The quantitative estimate of drug-likeness (QED) is 0.590. The van der Waals surface area contributed by atoms with E-state index in [1.165, 1.54) is 22.3 Å². The summed E-state index contributed by atoms with van der Waals surface area (Å²) >= 11 is 0. The first-order valence-corrected chi connectivity index (χ1v) is 8.23. The van der Waals surface area contributed by atoms with E-state index in [4.69, 9.17) is 0 Å². The minimum Gasteiger partial charge on any atom is -0.0745 e. The summed E-state index contributed by atoms with van der Waals surface area (Å²) in [7, 11) is 0. The zero-order valence-electron chi connectivity index (χ0n) is 13.3. The van der Waals surface area contributed by atoms with Crippen LogP contribution in [0.4, 0.5) is 0 Å².